The van der Waals surface area contributed by atoms with Crippen LogP contribution in [0.1, 0.15) is 35.5 Å². The maximum Gasteiger partial charge on any atom is 0.417 e. The normalized spacial score (nSPS) is 11.7. The van der Waals surface area contributed by atoms with Gasteiger partial charge in [-0.05, 0) is 36.9 Å². The molecule has 0 atom stereocenters. The van der Waals surface area contributed by atoms with Gasteiger partial charge in [-0.1, -0.05) is 55.8 Å². The van der Waals surface area contributed by atoms with Crippen LogP contribution in [-0.2, 0) is 12.7 Å². The molecule has 1 aromatic carbocycles. The van der Waals surface area contributed by atoms with Crippen molar-refractivity contribution in [1.29, 1.82) is 0 Å². The lowest BCUT2D eigenvalue weighted by atomic mass is 10.2. The van der Waals surface area contributed by atoms with Gasteiger partial charge in [0.2, 0.25) is 0 Å². The smallest absolute Gasteiger partial charge is 0.332 e. The largest absolute Gasteiger partial charge is 0.417 e. The Hall–Kier alpha value is -2.84. The Labute approximate surface area is 196 Å². The molecule has 2 heterocycles. The first-order valence-corrected chi connectivity index (χ1v) is 11.1. The lowest BCUT2D eigenvalue weighted by Crippen LogP contribution is -2.39. The molecule has 3 aromatic rings. The third kappa shape index (κ3) is 6.15. The van der Waals surface area contributed by atoms with Gasteiger partial charge in [-0.25, -0.2) is 4.98 Å². The average Bonchev–Trinajstić information content (AvgIpc) is 3.28. The molecule has 0 spiro atoms. The average molecular weight is 479 g/mol. The van der Waals surface area contributed by atoms with Gasteiger partial charge in [0.15, 0.2) is 5.82 Å². The Morgan fingerprint density at radius 2 is 1.76 bits per heavy atom. The second kappa shape index (κ2) is 10.9. The van der Waals surface area contributed by atoms with Crippen molar-refractivity contribution in [3.63, 3.8) is 0 Å². The predicted octanol–water partition coefficient (Wildman–Crippen LogP) is 5.53. The number of halogens is 4. The fourth-order valence-corrected chi connectivity index (χ4v) is 3.78. The van der Waals surface area contributed by atoms with E-state index in [-0.39, 0.29) is 22.4 Å². The fourth-order valence-electron chi connectivity index (χ4n) is 3.52. The molecule has 1 amide bonds. The van der Waals surface area contributed by atoms with Gasteiger partial charge in [0, 0.05) is 32.0 Å². The maximum atomic E-state index is 13.6. The van der Waals surface area contributed by atoms with Gasteiger partial charge < -0.3 is 9.80 Å². The van der Waals surface area contributed by atoms with Crippen LogP contribution in [0.2, 0.25) is 5.02 Å². The lowest BCUT2D eigenvalue weighted by Gasteiger charge is -2.27. The van der Waals surface area contributed by atoms with E-state index in [4.69, 9.17) is 11.6 Å². The maximum absolute atomic E-state index is 13.6. The molecule has 0 N–H and O–H groups in total. The van der Waals surface area contributed by atoms with Crippen molar-refractivity contribution in [2.24, 2.45) is 0 Å². The zero-order valence-electron chi connectivity index (χ0n) is 18.5. The molecule has 2 aromatic heterocycles. The Balaban J connectivity index is 1.92. The van der Waals surface area contributed by atoms with Crippen LogP contribution in [0.15, 0.2) is 60.9 Å². The summed E-state index contributed by atoms with van der Waals surface area (Å²) in [6.45, 7) is 7.46. The number of rotatable bonds is 9. The molecule has 0 aliphatic rings. The molecule has 0 aliphatic heterocycles. The molecular weight excluding hydrogens is 453 g/mol. The molecule has 0 fully saturated rings. The molecule has 5 nitrogen and oxygen atoms in total. The highest BCUT2D eigenvalue weighted by atomic mass is 35.5. The minimum Gasteiger partial charge on any atom is -0.332 e. The van der Waals surface area contributed by atoms with Crippen LogP contribution in [0.5, 0.6) is 0 Å². The van der Waals surface area contributed by atoms with E-state index in [9.17, 15) is 18.0 Å². The Morgan fingerprint density at radius 1 is 1.06 bits per heavy atom. The first kappa shape index (κ1) is 24.8. The van der Waals surface area contributed by atoms with Crippen molar-refractivity contribution >= 4 is 17.5 Å². The monoisotopic (exact) mass is 478 g/mol. The van der Waals surface area contributed by atoms with Crippen molar-refractivity contribution in [2.75, 3.05) is 26.2 Å². The molecule has 0 bridgehead atoms. The number of hydrogen-bond donors (Lipinski definition) is 0. The number of nitrogens with zero attached hydrogens (tertiary/aromatic N) is 4. The van der Waals surface area contributed by atoms with Crippen LogP contribution in [0.4, 0.5) is 13.2 Å². The summed E-state index contributed by atoms with van der Waals surface area (Å²) in [5.41, 5.74) is 0.315. The zero-order chi connectivity index (χ0) is 24.0. The van der Waals surface area contributed by atoms with Gasteiger partial charge >= 0.3 is 6.18 Å². The molecule has 0 unspecified atom stereocenters. The second-order valence-electron chi connectivity index (χ2n) is 7.53. The Bertz CT molecular complexity index is 1070. The molecule has 3 rings (SSSR count). The van der Waals surface area contributed by atoms with E-state index >= 15 is 0 Å². The number of aromatic nitrogens is 2. The molecule has 176 valence electrons. The molecule has 0 aliphatic carbocycles. The van der Waals surface area contributed by atoms with Gasteiger partial charge in [-0.3, -0.25) is 9.36 Å². The van der Waals surface area contributed by atoms with E-state index in [0.29, 0.717) is 19.6 Å². The van der Waals surface area contributed by atoms with Gasteiger partial charge in [-0.2, -0.15) is 13.2 Å². The minimum atomic E-state index is -4.55. The van der Waals surface area contributed by atoms with E-state index in [1.165, 1.54) is 4.57 Å². The summed E-state index contributed by atoms with van der Waals surface area (Å²) in [7, 11) is 0. The fraction of sp³-hybridized carbons (Fsp3) is 0.333. The lowest BCUT2D eigenvalue weighted by molar-refractivity contribution is -0.137. The molecule has 0 saturated heterocycles. The van der Waals surface area contributed by atoms with Crippen molar-refractivity contribution in [3.8, 4) is 5.82 Å². The van der Waals surface area contributed by atoms with Gasteiger partial charge in [0.25, 0.3) is 5.91 Å². The van der Waals surface area contributed by atoms with E-state index in [1.54, 1.807) is 23.2 Å². The number of carbonyl (C=O) groups excluding carboxylic acids is 1. The summed E-state index contributed by atoms with van der Waals surface area (Å²) in [5, 5.41) is -0.187. The van der Waals surface area contributed by atoms with Crippen molar-refractivity contribution in [3.05, 3.63) is 82.8 Å². The predicted molar refractivity (Wildman–Crippen MR) is 123 cm³/mol. The third-order valence-electron chi connectivity index (χ3n) is 5.43. The number of hydrogen-bond acceptors (Lipinski definition) is 3. The van der Waals surface area contributed by atoms with Crippen LogP contribution in [0, 0.1) is 0 Å². The topological polar surface area (TPSA) is 41.4 Å². The van der Waals surface area contributed by atoms with Crippen LogP contribution in [-0.4, -0.2) is 51.4 Å². The third-order valence-corrected chi connectivity index (χ3v) is 5.71. The van der Waals surface area contributed by atoms with E-state index in [0.717, 1.165) is 30.9 Å². The summed E-state index contributed by atoms with van der Waals surface area (Å²) >= 11 is 6.14. The summed E-state index contributed by atoms with van der Waals surface area (Å²) in [6, 6.07) is 13.7. The first-order valence-electron chi connectivity index (χ1n) is 10.7. The molecule has 0 radical (unpaired) electrons. The first-order chi connectivity index (χ1) is 15.7. The highest BCUT2D eigenvalue weighted by molar-refractivity contribution is 6.32. The Kier molecular flexibility index (Phi) is 8.15. The van der Waals surface area contributed by atoms with Gasteiger partial charge in [0.05, 0.1) is 10.6 Å². The van der Waals surface area contributed by atoms with Crippen molar-refractivity contribution < 1.29 is 18.0 Å². The van der Waals surface area contributed by atoms with E-state index < -0.39 is 11.7 Å². The minimum absolute atomic E-state index is 0.0708. The van der Waals surface area contributed by atoms with Crippen LogP contribution >= 0.6 is 11.6 Å². The highest BCUT2D eigenvalue weighted by Gasteiger charge is 2.32. The number of carbonyl (C=O) groups is 1. The SMILES string of the molecule is CCN(CC)CCN(Cc1ccccc1)C(=O)c1cccn1-c1ncc(C(F)(F)F)cc1Cl. The van der Waals surface area contributed by atoms with Crippen LogP contribution in [0.3, 0.4) is 0 Å². The molecule has 9 heteroatoms. The number of benzene rings is 1. The van der Waals surface area contributed by atoms with E-state index in [1.807, 2.05) is 30.3 Å². The number of amides is 1. The van der Waals surface area contributed by atoms with Crippen LogP contribution in [0.25, 0.3) is 5.82 Å². The van der Waals surface area contributed by atoms with Crippen molar-refractivity contribution in [1.82, 2.24) is 19.4 Å². The number of pyridine rings is 1. The molecule has 33 heavy (non-hydrogen) atoms. The quantitative estimate of drug-likeness (QED) is 0.406. The summed E-state index contributed by atoms with van der Waals surface area (Å²) < 4.78 is 40.4. The highest BCUT2D eigenvalue weighted by Crippen LogP contribution is 2.32. The van der Waals surface area contributed by atoms with E-state index in [2.05, 4.69) is 23.7 Å². The standard InChI is InChI=1S/C24H26ClF3N4O/c1-3-30(4-2)13-14-31(17-18-9-6-5-7-10-18)23(33)21-11-8-12-32(21)22-20(25)15-19(16-29-22)24(26,27)28/h5-12,15-16H,3-4,13-14,17H2,1-2H3. The van der Waals surface area contributed by atoms with Gasteiger partial charge in [0.1, 0.15) is 5.69 Å². The van der Waals surface area contributed by atoms with Crippen LogP contribution < -0.4 is 0 Å². The van der Waals surface area contributed by atoms with Gasteiger partial charge in [-0.15, -0.1) is 0 Å². The number of likely N-dealkylation sites (N-methyl/N-ethyl adjacent to an activating group) is 1. The summed E-state index contributed by atoms with van der Waals surface area (Å²) in [6.07, 6.45) is -2.27. The second-order valence-corrected chi connectivity index (χ2v) is 7.94. The summed E-state index contributed by atoms with van der Waals surface area (Å²) in [4.78, 5) is 21.4. The molecule has 0 saturated carbocycles. The summed E-state index contributed by atoms with van der Waals surface area (Å²) in [5.74, 6) is -0.185. The number of alkyl halides is 3. The van der Waals surface area contributed by atoms with Crippen molar-refractivity contribution in [2.45, 2.75) is 26.6 Å². The molecular formula is C24H26ClF3N4O. The zero-order valence-corrected chi connectivity index (χ0v) is 19.3. The Morgan fingerprint density at radius 3 is 2.36 bits per heavy atom.